The van der Waals surface area contributed by atoms with Crippen molar-refractivity contribution >= 4 is 21.5 Å². The summed E-state index contributed by atoms with van der Waals surface area (Å²) in [6.07, 6.45) is 3.75. The van der Waals surface area contributed by atoms with Gasteiger partial charge in [-0.05, 0) is 47.4 Å². The molecule has 138 valence electrons. The minimum Gasteiger partial charge on any atom is -0.387 e. The summed E-state index contributed by atoms with van der Waals surface area (Å²) in [7, 11) is 0. The molecule has 0 bridgehead atoms. The monoisotopic (exact) mass is 358 g/mol. The van der Waals surface area contributed by atoms with E-state index in [4.69, 9.17) is 0 Å². The van der Waals surface area contributed by atoms with Crippen LogP contribution in [-0.2, 0) is 6.54 Å². The van der Waals surface area contributed by atoms with Crippen LogP contribution in [0, 0.1) is 11.8 Å². The van der Waals surface area contributed by atoms with Crippen molar-refractivity contribution in [1.29, 1.82) is 0 Å². The summed E-state index contributed by atoms with van der Waals surface area (Å²) in [5.41, 5.74) is 1.75. The number of hydrogen-bond donors (Lipinski definition) is 1. The number of aliphatic hydroxyl groups excluding tert-OH is 1. The Kier molecular flexibility index (Phi) is 3.18. The largest absolute Gasteiger partial charge is 0.387 e. The SMILES string of the molecule is C[C@@]12[C@H]3CC[C@@H]1[C@@H](O)C[N@+]2(Cc1c2ccccc2cc2ccccc12)CC3. The van der Waals surface area contributed by atoms with Crippen molar-refractivity contribution in [1.82, 2.24) is 0 Å². The van der Waals surface area contributed by atoms with Gasteiger partial charge >= 0.3 is 0 Å². The average Bonchev–Trinajstić information content (AvgIpc) is 3.24. The first kappa shape index (κ1) is 16.1. The molecule has 0 aromatic heterocycles. The number of rotatable bonds is 2. The van der Waals surface area contributed by atoms with E-state index in [0.29, 0.717) is 5.92 Å². The molecule has 1 N–H and O–H groups in total. The molecule has 1 saturated carbocycles. The molecule has 2 saturated heterocycles. The second kappa shape index (κ2) is 5.33. The molecule has 2 heteroatoms. The first-order valence-electron chi connectivity index (χ1n) is 10.6. The molecule has 3 fully saturated rings. The van der Waals surface area contributed by atoms with E-state index in [-0.39, 0.29) is 11.6 Å². The number of aliphatic hydroxyl groups is 1. The molecule has 0 radical (unpaired) electrons. The van der Waals surface area contributed by atoms with Crippen LogP contribution in [0.15, 0.2) is 54.6 Å². The minimum absolute atomic E-state index is 0.124. The lowest BCUT2D eigenvalue weighted by Gasteiger charge is -2.44. The fourth-order valence-electron chi connectivity index (χ4n) is 7.34. The van der Waals surface area contributed by atoms with Gasteiger partial charge in [-0.2, -0.15) is 0 Å². The smallest absolute Gasteiger partial charge is 0.112 e. The highest BCUT2D eigenvalue weighted by Gasteiger charge is 2.70. The summed E-state index contributed by atoms with van der Waals surface area (Å²) in [6, 6.07) is 20.1. The van der Waals surface area contributed by atoms with Gasteiger partial charge in [0, 0.05) is 23.8 Å². The predicted molar refractivity (Wildman–Crippen MR) is 110 cm³/mol. The van der Waals surface area contributed by atoms with E-state index in [0.717, 1.165) is 23.5 Å². The van der Waals surface area contributed by atoms with Crippen LogP contribution < -0.4 is 0 Å². The summed E-state index contributed by atoms with van der Waals surface area (Å²) in [4.78, 5) is 0. The molecule has 6 rings (SSSR count). The van der Waals surface area contributed by atoms with E-state index in [1.807, 2.05) is 0 Å². The van der Waals surface area contributed by atoms with Crippen LogP contribution in [0.4, 0.5) is 0 Å². The topological polar surface area (TPSA) is 20.2 Å². The molecule has 5 atom stereocenters. The van der Waals surface area contributed by atoms with E-state index in [9.17, 15) is 5.11 Å². The lowest BCUT2D eigenvalue weighted by atomic mass is 9.83. The molecule has 3 aromatic carbocycles. The van der Waals surface area contributed by atoms with Crippen LogP contribution in [0.5, 0.6) is 0 Å². The van der Waals surface area contributed by atoms with Crippen molar-refractivity contribution in [2.75, 3.05) is 13.1 Å². The van der Waals surface area contributed by atoms with Crippen LogP contribution >= 0.6 is 0 Å². The first-order valence-corrected chi connectivity index (χ1v) is 10.6. The van der Waals surface area contributed by atoms with Gasteiger partial charge in [0.2, 0.25) is 0 Å². The number of nitrogens with zero attached hydrogens (tertiary/aromatic N) is 1. The molecule has 27 heavy (non-hydrogen) atoms. The minimum atomic E-state index is -0.124. The van der Waals surface area contributed by atoms with Crippen LogP contribution in [0.1, 0.15) is 31.7 Å². The van der Waals surface area contributed by atoms with Crippen molar-refractivity contribution in [2.45, 2.75) is 44.4 Å². The van der Waals surface area contributed by atoms with Gasteiger partial charge in [-0.1, -0.05) is 48.5 Å². The molecule has 2 nitrogen and oxygen atoms in total. The highest BCUT2D eigenvalue weighted by Crippen LogP contribution is 2.60. The van der Waals surface area contributed by atoms with Crippen molar-refractivity contribution in [3.8, 4) is 0 Å². The van der Waals surface area contributed by atoms with Crippen molar-refractivity contribution in [3.05, 3.63) is 60.2 Å². The molecule has 0 spiro atoms. The summed E-state index contributed by atoms with van der Waals surface area (Å²) >= 11 is 0. The van der Waals surface area contributed by atoms with E-state index >= 15 is 0 Å². The number of fused-ring (bicyclic) bond motifs is 2. The maximum absolute atomic E-state index is 10.9. The highest BCUT2D eigenvalue weighted by atomic mass is 16.3. The van der Waals surface area contributed by atoms with Gasteiger partial charge in [-0.3, -0.25) is 0 Å². The van der Waals surface area contributed by atoms with E-state index in [1.54, 1.807) is 0 Å². The van der Waals surface area contributed by atoms with Crippen LogP contribution in [0.2, 0.25) is 0 Å². The quantitative estimate of drug-likeness (QED) is 0.512. The van der Waals surface area contributed by atoms with Crippen LogP contribution in [-0.4, -0.2) is 34.3 Å². The molecule has 0 unspecified atom stereocenters. The Hall–Kier alpha value is -1.90. The van der Waals surface area contributed by atoms with Gasteiger partial charge in [0.25, 0.3) is 0 Å². The lowest BCUT2D eigenvalue weighted by molar-refractivity contribution is -0.965. The van der Waals surface area contributed by atoms with E-state index in [2.05, 4.69) is 61.5 Å². The average molecular weight is 359 g/mol. The zero-order valence-corrected chi connectivity index (χ0v) is 16.1. The van der Waals surface area contributed by atoms with Crippen LogP contribution in [0.3, 0.4) is 0 Å². The maximum atomic E-state index is 10.9. The molecule has 2 heterocycles. The standard InChI is InChI=1S/C25H28NO/c1-25-19-10-11-23(25)24(27)16-26(25,13-12-19)15-22-20-8-4-2-6-17(20)14-18-7-3-5-9-21(18)22/h2-9,14,19,23-24,27H,10-13,15-16H2,1H3/q+1/t19-,23+,24-,25+,26+/m0/s1. The maximum Gasteiger partial charge on any atom is 0.112 e. The third-order valence-corrected chi connectivity index (χ3v) is 8.68. The van der Waals surface area contributed by atoms with Gasteiger partial charge in [0.15, 0.2) is 0 Å². The second-order valence-electron chi connectivity index (χ2n) is 9.47. The number of benzene rings is 3. The Morgan fingerprint density at radius 1 is 0.963 bits per heavy atom. The Bertz CT molecular complexity index is 1000. The van der Waals surface area contributed by atoms with Gasteiger partial charge in [0.05, 0.1) is 6.54 Å². The van der Waals surface area contributed by atoms with Gasteiger partial charge in [0.1, 0.15) is 24.7 Å². The highest BCUT2D eigenvalue weighted by molar-refractivity contribution is 6.02. The Morgan fingerprint density at radius 3 is 2.33 bits per heavy atom. The van der Waals surface area contributed by atoms with Crippen molar-refractivity contribution in [2.24, 2.45) is 11.8 Å². The number of hydrogen-bond acceptors (Lipinski definition) is 1. The Morgan fingerprint density at radius 2 is 1.63 bits per heavy atom. The second-order valence-corrected chi connectivity index (χ2v) is 9.47. The number of quaternary nitrogens is 1. The van der Waals surface area contributed by atoms with Gasteiger partial charge in [-0.15, -0.1) is 0 Å². The third-order valence-electron chi connectivity index (χ3n) is 8.68. The normalized spacial score (nSPS) is 37.3. The summed E-state index contributed by atoms with van der Waals surface area (Å²) in [6.45, 7) is 5.73. The fraction of sp³-hybridized carbons (Fsp3) is 0.440. The zero-order chi connectivity index (χ0) is 18.2. The summed E-state index contributed by atoms with van der Waals surface area (Å²) < 4.78 is 1.10. The Balaban J connectivity index is 1.58. The zero-order valence-electron chi connectivity index (χ0n) is 16.1. The molecular weight excluding hydrogens is 330 g/mol. The van der Waals surface area contributed by atoms with Gasteiger partial charge < -0.3 is 9.59 Å². The molecule has 3 aliphatic rings. The van der Waals surface area contributed by atoms with Crippen molar-refractivity contribution in [3.63, 3.8) is 0 Å². The predicted octanol–water partition coefficient (Wildman–Crippen LogP) is 4.87. The summed E-state index contributed by atoms with van der Waals surface area (Å²) in [5, 5.41) is 16.4. The molecule has 1 aliphatic carbocycles. The van der Waals surface area contributed by atoms with Crippen molar-refractivity contribution < 1.29 is 9.59 Å². The van der Waals surface area contributed by atoms with E-state index in [1.165, 1.54) is 52.9 Å². The molecule has 2 aliphatic heterocycles. The first-order chi connectivity index (χ1) is 13.1. The Labute approximate surface area is 161 Å². The fourth-order valence-corrected chi connectivity index (χ4v) is 7.34. The van der Waals surface area contributed by atoms with E-state index < -0.39 is 0 Å². The van der Waals surface area contributed by atoms with Crippen LogP contribution in [0.25, 0.3) is 21.5 Å². The summed E-state index contributed by atoms with van der Waals surface area (Å²) in [5.74, 6) is 1.28. The third kappa shape index (κ3) is 1.93. The lowest BCUT2D eigenvalue weighted by Crippen LogP contribution is -2.57. The van der Waals surface area contributed by atoms with Gasteiger partial charge in [-0.25, -0.2) is 0 Å². The molecular formula is C25H28NO+. The molecule has 3 aromatic rings. The molecule has 0 amide bonds.